The SMILES string of the molecule is Cc1ccc(C)c(SCC2CC(N(C)c3ncnc4[nH]ccc34)C2)c1. The van der Waals surface area contributed by atoms with E-state index in [-0.39, 0.29) is 0 Å². The van der Waals surface area contributed by atoms with Gasteiger partial charge in [0, 0.05) is 29.9 Å². The molecule has 1 fully saturated rings. The second-order valence-electron chi connectivity index (χ2n) is 7.12. The number of H-pyrrole nitrogens is 1. The average Bonchev–Trinajstić information content (AvgIpc) is 3.04. The van der Waals surface area contributed by atoms with Crippen molar-refractivity contribution >= 4 is 28.6 Å². The van der Waals surface area contributed by atoms with E-state index in [2.05, 4.69) is 65.0 Å². The van der Waals surface area contributed by atoms with E-state index in [0.717, 1.165) is 22.8 Å². The molecular weight excluding hydrogens is 328 g/mol. The van der Waals surface area contributed by atoms with Gasteiger partial charge in [-0.1, -0.05) is 17.7 Å². The summed E-state index contributed by atoms with van der Waals surface area (Å²) in [6.07, 6.45) is 6.06. The van der Waals surface area contributed by atoms with E-state index in [1.54, 1.807) is 6.33 Å². The molecule has 1 aliphatic carbocycles. The lowest BCUT2D eigenvalue weighted by Gasteiger charge is -2.42. The molecule has 1 saturated carbocycles. The van der Waals surface area contributed by atoms with Crippen LogP contribution in [0.1, 0.15) is 24.0 Å². The van der Waals surface area contributed by atoms with Crippen LogP contribution in [0.3, 0.4) is 0 Å². The highest BCUT2D eigenvalue weighted by Crippen LogP contribution is 2.38. The molecule has 1 aromatic carbocycles. The average molecular weight is 353 g/mol. The summed E-state index contributed by atoms with van der Waals surface area (Å²) >= 11 is 2.01. The molecule has 4 rings (SSSR count). The largest absolute Gasteiger partial charge is 0.356 e. The minimum Gasteiger partial charge on any atom is -0.356 e. The molecule has 1 aliphatic rings. The van der Waals surface area contributed by atoms with Gasteiger partial charge in [0.2, 0.25) is 0 Å². The van der Waals surface area contributed by atoms with Gasteiger partial charge in [-0.25, -0.2) is 9.97 Å². The quantitative estimate of drug-likeness (QED) is 0.683. The highest BCUT2D eigenvalue weighted by atomic mass is 32.2. The van der Waals surface area contributed by atoms with Crippen molar-refractivity contribution in [1.82, 2.24) is 15.0 Å². The molecule has 0 atom stereocenters. The molecule has 0 saturated heterocycles. The van der Waals surface area contributed by atoms with E-state index < -0.39 is 0 Å². The number of benzene rings is 1. The Labute approximate surface area is 153 Å². The summed E-state index contributed by atoms with van der Waals surface area (Å²) in [5.41, 5.74) is 3.65. The number of aryl methyl sites for hydroxylation is 2. The van der Waals surface area contributed by atoms with Gasteiger partial charge in [0.25, 0.3) is 0 Å². The van der Waals surface area contributed by atoms with Crippen molar-refractivity contribution in [2.45, 2.75) is 37.6 Å². The van der Waals surface area contributed by atoms with Crippen LogP contribution in [0.25, 0.3) is 11.0 Å². The van der Waals surface area contributed by atoms with E-state index in [1.807, 2.05) is 18.0 Å². The number of rotatable bonds is 5. The van der Waals surface area contributed by atoms with Gasteiger partial charge < -0.3 is 9.88 Å². The van der Waals surface area contributed by atoms with Gasteiger partial charge >= 0.3 is 0 Å². The summed E-state index contributed by atoms with van der Waals surface area (Å²) in [5, 5.41) is 1.11. The smallest absolute Gasteiger partial charge is 0.142 e. The van der Waals surface area contributed by atoms with Crippen LogP contribution >= 0.6 is 11.8 Å². The monoisotopic (exact) mass is 352 g/mol. The Morgan fingerprint density at radius 1 is 1.20 bits per heavy atom. The molecule has 0 unspecified atom stereocenters. The first-order valence-electron chi connectivity index (χ1n) is 8.83. The molecule has 4 nitrogen and oxygen atoms in total. The molecule has 0 aliphatic heterocycles. The zero-order valence-corrected chi connectivity index (χ0v) is 15.8. The van der Waals surface area contributed by atoms with Crippen LogP contribution in [0.5, 0.6) is 0 Å². The molecule has 2 aromatic heterocycles. The molecule has 1 N–H and O–H groups in total. The van der Waals surface area contributed by atoms with Crippen molar-refractivity contribution < 1.29 is 0 Å². The van der Waals surface area contributed by atoms with E-state index in [9.17, 15) is 0 Å². The Morgan fingerprint density at radius 3 is 2.88 bits per heavy atom. The second-order valence-corrected chi connectivity index (χ2v) is 8.18. The number of anilines is 1. The van der Waals surface area contributed by atoms with Gasteiger partial charge in [-0.15, -0.1) is 11.8 Å². The van der Waals surface area contributed by atoms with Crippen LogP contribution in [-0.2, 0) is 0 Å². The summed E-state index contributed by atoms with van der Waals surface area (Å²) < 4.78 is 0. The molecule has 0 amide bonds. The minimum absolute atomic E-state index is 0.581. The summed E-state index contributed by atoms with van der Waals surface area (Å²) in [6, 6.07) is 9.38. The van der Waals surface area contributed by atoms with E-state index in [0.29, 0.717) is 6.04 Å². The van der Waals surface area contributed by atoms with Gasteiger partial charge in [0.15, 0.2) is 0 Å². The van der Waals surface area contributed by atoms with Crippen molar-refractivity contribution in [3.63, 3.8) is 0 Å². The van der Waals surface area contributed by atoms with Crippen molar-refractivity contribution in [2.75, 3.05) is 17.7 Å². The van der Waals surface area contributed by atoms with Crippen molar-refractivity contribution in [1.29, 1.82) is 0 Å². The fourth-order valence-electron chi connectivity index (χ4n) is 3.54. The van der Waals surface area contributed by atoms with Crippen LogP contribution in [0.4, 0.5) is 5.82 Å². The fraction of sp³-hybridized carbons (Fsp3) is 0.400. The summed E-state index contributed by atoms with van der Waals surface area (Å²) in [5.74, 6) is 3.04. The van der Waals surface area contributed by atoms with Crippen LogP contribution in [-0.4, -0.2) is 33.8 Å². The van der Waals surface area contributed by atoms with Gasteiger partial charge in [-0.05, 0) is 50.3 Å². The van der Waals surface area contributed by atoms with Gasteiger partial charge in [0.1, 0.15) is 17.8 Å². The number of aromatic amines is 1. The highest BCUT2D eigenvalue weighted by Gasteiger charge is 2.33. The first kappa shape index (κ1) is 16.5. The lowest BCUT2D eigenvalue weighted by molar-refractivity contribution is 0.286. The Kier molecular flexibility index (Phi) is 4.42. The minimum atomic E-state index is 0.581. The molecule has 2 heterocycles. The number of nitrogens with one attached hydrogen (secondary N) is 1. The van der Waals surface area contributed by atoms with E-state index >= 15 is 0 Å². The van der Waals surface area contributed by atoms with Gasteiger partial charge in [0.05, 0.1) is 5.39 Å². The Balaban J connectivity index is 1.36. The number of hydrogen-bond donors (Lipinski definition) is 1. The van der Waals surface area contributed by atoms with Crippen LogP contribution in [0.2, 0.25) is 0 Å². The van der Waals surface area contributed by atoms with E-state index in [4.69, 9.17) is 0 Å². The van der Waals surface area contributed by atoms with Crippen molar-refractivity contribution in [3.8, 4) is 0 Å². The highest BCUT2D eigenvalue weighted by molar-refractivity contribution is 7.99. The summed E-state index contributed by atoms with van der Waals surface area (Å²) in [6.45, 7) is 4.37. The normalized spacial score (nSPS) is 19.8. The Bertz CT molecular complexity index is 882. The third-order valence-corrected chi connectivity index (χ3v) is 6.63. The number of hydrogen-bond acceptors (Lipinski definition) is 4. The molecular formula is C20H24N4S. The Morgan fingerprint density at radius 2 is 2.04 bits per heavy atom. The number of nitrogens with zero attached hydrogens (tertiary/aromatic N) is 3. The standard InChI is InChI=1S/C20H24N4S/c1-13-4-5-14(2)18(8-13)25-11-15-9-16(10-15)24(3)20-17-6-7-21-19(17)22-12-23-20/h4-8,12,15-16H,9-11H2,1-3H3,(H,21,22,23). The van der Waals surface area contributed by atoms with Crippen LogP contribution < -0.4 is 4.90 Å². The first-order valence-corrected chi connectivity index (χ1v) is 9.81. The summed E-state index contributed by atoms with van der Waals surface area (Å²) in [7, 11) is 2.16. The lowest BCUT2D eigenvalue weighted by Crippen LogP contribution is -2.43. The van der Waals surface area contributed by atoms with Gasteiger partial charge in [-0.2, -0.15) is 0 Å². The third-order valence-electron chi connectivity index (χ3n) is 5.24. The molecule has 0 radical (unpaired) electrons. The maximum Gasteiger partial charge on any atom is 0.142 e. The van der Waals surface area contributed by atoms with Crippen LogP contribution in [0.15, 0.2) is 41.7 Å². The van der Waals surface area contributed by atoms with Gasteiger partial charge in [-0.3, -0.25) is 0 Å². The zero-order valence-electron chi connectivity index (χ0n) is 15.0. The lowest BCUT2D eigenvalue weighted by atomic mass is 9.81. The predicted octanol–water partition coefficient (Wildman–Crippen LogP) is 4.58. The fourth-order valence-corrected chi connectivity index (χ4v) is 4.79. The summed E-state index contributed by atoms with van der Waals surface area (Å²) in [4.78, 5) is 15.7. The number of fused-ring (bicyclic) bond motifs is 1. The van der Waals surface area contributed by atoms with Crippen molar-refractivity contribution in [2.24, 2.45) is 5.92 Å². The third kappa shape index (κ3) is 3.25. The molecule has 3 aromatic rings. The molecule has 0 bridgehead atoms. The van der Waals surface area contributed by atoms with Crippen molar-refractivity contribution in [3.05, 3.63) is 47.9 Å². The maximum absolute atomic E-state index is 4.51. The number of aromatic nitrogens is 3. The molecule has 25 heavy (non-hydrogen) atoms. The maximum atomic E-state index is 4.51. The van der Waals surface area contributed by atoms with Crippen LogP contribution in [0, 0.1) is 19.8 Å². The predicted molar refractivity (Wildman–Crippen MR) is 105 cm³/mol. The molecule has 0 spiro atoms. The molecule has 130 valence electrons. The topological polar surface area (TPSA) is 44.8 Å². The van der Waals surface area contributed by atoms with E-state index in [1.165, 1.54) is 34.6 Å². The first-order chi connectivity index (χ1) is 12.1. The second kappa shape index (κ2) is 6.71. The zero-order chi connectivity index (χ0) is 17.4. The number of thioether (sulfide) groups is 1. The Hall–Kier alpha value is -2.01. The molecule has 5 heteroatoms.